The van der Waals surface area contributed by atoms with Gasteiger partial charge in [0.15, 0.2) is 0 Å². The standard InChI is InChI=1S/C18H13NO/c1-2-6-13(7-3-1)20-14-10-11-16-15-8-4-5-9-17(15)19-18(16)12-14/h1-12,19H. The Hall–Kier alpha value is -2.74. The zero-order valence-corrected chi connectivity index (χ0v) is 10.8. The molecular formula is C18H13NO. The van der Waals surface area contributed by atoms with Crippen LogP contribution in [0.1, 0.15) is 0 Å². The van der Waals surface area contributed by atoms with Crippen molar-refractivity contribution >= 4 is 21.8 Å². The fourth-order valence-electron chi connectivity index (χ4n) is 2.52. The highest BCUT2D eigenvalue weighted by atomic mass is 16.5. The monoisotopic (exact) mass is 259 g/mol. The van der Waals surface area contributed by atoms with E-state index in [1.165, 1.54) is 10.8 Å². The number of hydrogen-bond acceptors (Lipinski definition) is 1. The number of benzene rings is 3. The third kappa shape index (κ3) is 1.82. The third-order valence-corrected chi connectivity index (χ3v) is 3.46. The van der Waals surface area contributed by atoms with Gasteiger partial charge in [-0.15, -0.1) is 0 Å². The molecule has 2 nitrogen and oxygen atoms in total. The molecule has 0 spiro atoms. The Morgan fingerprint density at radius 3 is 2.25 bits per heavy atom. The van der Waals surface area contributed by atoms with Crippen molar-refractivity contribution in [3.8, 4) is 11.5 Å². The molecule has 0 amide bonds. The summed E-state index contributed by atoms with van der Waals surface area (Å²) in [5.74, 6) is 1.69. The van der Waals surface area contributed by atoms with Gasteiger partial charge in [-0.25, -0.2) is 0 Å². The Bertz CT molecular complexity index is 878. The molecule has 0 saturated carbocycles. The molecule has 0 aliphatic carbocycles. The van der Waals surface area contributed by atoms with Crippen molar-refractivity contribution in [1.29, 1.82) is 0 Å². The third-order valence-electron chi connectivity index (χ3n) is 3.46. The first kappa shape index (κ1) is 11.1. The number of fused-ring (bicyclic) bond motifs is 3. The van der Waals surface area contributed by atoms with E-state index in [1.54, 1.807) is 0 Å². The molecule has 0 bridgehead atoms. The van der Waals surface area contributed by atoms with Crippen LogP contribution in [0.2, 0.25) is 0 Å². The van der Waals surface area contributed by atoms with Crippen molar-refractivity contribution < 1.29 is 4.74 Å². The van der Waals surface area contributed by atoms with E-state index in [4.69, 9.17) is 4.74 Å². The Kier molecular flexibility index (Phi) is 2.46. The maximum Gasteiger partial charge on any atom is 0.129 e. The molecule has 20 heavy (non-hydrogen) atoms. The van der Waals surface area contributed by atoms with Crippen LogP contribution in [-0.4, -0.2) is 4.98 Å². The second-order valence-corrected chi connectivity index (χ2v) is 4.79. The molecule has 0 saturated heterocycles. The lowest BCUT2D eigenvalue weighted by Gasteiger charge is -2.05. The van der Waals surface area contributed by atoms with Crippen molar-refractivity contribution in [3.05, 3.63) is 72.8 Å². The molecule has 0 radical (unpaired) electrons. The molecule has 3 aromatic carbocycles. The van der Waals surface area contributed by atoms with Crippen LogP contribution in [-0.2, 0) is 0 Å². The minimum Gasteiger partial charge on any atom is -0.457 e. The van der Waals surface area contributed by atoms with Crippen LogP contribution in [0, 0.1) is 0 Å². The van der Waals surface area contributed by atoms with Crippen molar-refractivity contribution in [2.75, 3.05) is 0 Å². The van der Waals surface area contributed by atoms with E-state index in [-0.39, 0.29) is 0 Å². The van der Waals surface area contributed by atoms with Gasteiger partial charge < -0.3 is 9.72 Å². The lowest BCUT2D eigenvalue weighted by molar-refractivity contribution is 0.483. The van der Waals surface area contributed by atoms with Gasteiger partial charge >= 0.3 is 0 Å². The molecule has 0 atom stereocenters. The predicted molar refractivity (Wildman–Crippen MR) is 82.3 cm³/mol. The number of para-hydroxylation sites is 2. The van der Waals surface area contributed by atoms with Crippen molar-refractivity contribution in [3.63, 3.8) is 0 Å². The lowest BCUT2D eigenvalue weighted by Crippen LogP contribution is -1.83. The molecule has 4 aromatic rings. The van der Waals surface area contributed by atoms with Gasteiger partial charge in [0.1, 0.15) is 11.5 Å². The zero-order chi connectivity index (χ0) is 13.4. The Balaban J connectivity index is 1.81. The summed E-state index contributed by atoms with van der Waals surface area (Å²) in [5, 5.41) is 2.47. The average Bonchev–Trinajstić information content (AvgIpc) is 2.86. The van der Waals surface area contributed by atoms with Gasteiger partial charge in [-0.05, 0) is 30.3 Å². The van der Waals surface area contributed by atoms with Gasteiger partial charge in [0, 0.05) is 22.4 Å². The van der Waals surface area contributed by atoms with E-state index in [0.29, 0.717) is 0 Å². The molecule has 0 fully saturated rings. The molecule has 1 N–H and O–H groups in total. The van der Waals surface area contributed by atoms with E-state index in [1.807, 2.05) is 48.5 Å². The average molecular weight is 259 g/mol. The number of rotatable bonds is 2. The van der Waals surface area contributed by atoms with Gasteiger partial charge in [0.25, 0.3) is 0 Å². The fourth-order valence-corrected chi connectivity index (χ4v) is 2.52. The highest BCUT2D eigenvalue weighted by molar-refractivity contribution is 6.07. The molecule has 0 unspecified atom stereocenters. The van der Waals surface area contributed by atoms with Crippen molar-refractivity contribution in [2.45, 2.75) is 0 Å². The Labute approximate surface area is 116 Å². The first-order valence-electron chi connectivity index (χ1n) is 6.63. The van der Waals surface area contributed by atoms with E-state index in [9.17, 15) is 0 Å². The second-order valence-electron chi connectivity index (χ2n) is 4.79. The maximum atomic E-state index is 5.86. The predicted octanol–water partition coefficient (Wildman–Crippen LogP) is 5.11. The van der Waals surface area contributed by atoms with Crippen LogP contribution in [0.3, 0.4) is 0 Å². The minimum atomic E-state index is 0.843. The first-order valence-corrected chi connectivity index (χ1v) is 6.63. The summed E-state index contributed by atoms with van der Waals surface area (Å²) in [6.45, 7) is 0. The maximum absolute atomic E-state index is 5.86. The van der Waals surface area contributed by atoms with Crippen LogP contribution < -0.4 is 4.74 Å². The van der Waals surface area contributed by atoms with Crippen LogP contribution in [0.25, 0.3) is 21.8 Å². The topological polar surface area (TPSA) is 25.0 Å². The molecule has 0 aliphatic heterocycles. The van der Waals surface area contributed by atoms with Gasteiger partial charge in [0.2, 0.25) is 0 Å². The van der Waals surface area contributed by atoms with E-state index < -0.39 is 0 Å². The molecule has 2 heteroatoms. The summed E-state index contributed by atoms with van der Waals surface area (Å²) < 4.78 is 5.86. The first-order chi connectivity index (χ1) is 9.90. The number of aromatic nitrogens is 1. The summed E-state index contributed by atoms with van der Waals surface area (Å²) in [4.78, 5) is 3.42. The highest BCUT2D eigenvalue weighted by Crippen LogP contribution is 2.30. The van der Waals surface area contributed by atoms with Crippen molar-refractivity contribution in [2.24, 2.45) is 0 Å². The normalized spacial score (nSPS) is 11.0. The van der Waals surface area contributed by atoms with Crippen molar-refractivity contribution in [1.82, 2.24) is 4.98 Å². The van der Waals surface area contributed by atoms with Crippen LogP contribution >= 0.6 is 0 Å². The number of nitrogens with one attached hydrogen (secondary N) is 1. The molecule has 4 rings (SSSR count). The molecular weight excluding hydrogens is 246 g/mol. The summed E-state index contributed by atoms with van der Waals surface area (Å²) in [6, 6.07) is 24.3. The quantitative estimate of drug-likeness (QED) is 0.531. The molecule has 1 heterocycles. The number of ether oxygens (including phenoxy) is 1. The van der Waals surface area contributed by atoms with Gasteiger partial charge in [-0.1, -0.05) is 36.4 Å². The smallest absolute Gasteiger partial charge is 0.129 e. The lowest BCUT2D eigenvalue weighted by atomic mass is 10.1. The molecule has 1 aromatic heterocycles. The number of hydrogen-bond donors (Lipinski definition) is 1. The Morgan fingerprint density at radius 1 is 0.600 bits per heavy atom. The van der Waals surface area contributed by atoms with Gasteiger partial charge in [-0.2, -0.15) is 0 Å². The molecule has 0 aliphatic rings. The van der Waals surface area contributed by atoms with Gasteiger partial charge in [0.05, 0.1) is 5.52 Å². The number of H-pyrrole nitrogens is 1. The largest absolute Gasteiger partial charge is 0.457 e. The summed E-state index contributed by atoms with van der Waals surface area (Å²) in [6.07, 6.45) is 0. The second kappa shape index (κ2) is 4.42. The van der Waals surface area contributed by atoms with E-state index in [0.717, 1.165) is 22.5 Å². The summed E-state index contributed by atoms with van der Waals surface area (Å²) >= 11 is 0. The zero-order valence-electron chi connectivity index (χ0n) is 10.8. The fraction of sp³-hybridized carbons (Fsp3) is 0. The van der Waals surface area contributed by atoms with Crippen LogP contribution in [0.5, 0.6) is 11.5 Å². The SMILES string of the molecule is c1ccc(Oc2ccc3c(c2)[nH]c2ccccc23)cc1. The minimum absolute atomic E-state index is 0.843. The van der Waals surface area contributed by atoms with Gasteiger partial charge in [-0.3, -0.25) is 0 Å². The van der Waals surface area contributed by atoms with Crippen LogP contribution in [0.4, 0.5) is 0 Å². The highest BCUT2D eigenvalue weighted by Gasteiger charge is 2.05. The van der Waals surface area contributed by atoms with E-state index in [2.05, 4.69) is 29.2 Å². The summed E-state index contributed by atoms with van der Waals surface area (Å²) in [5.41, 5.74) is 2.25. The number of aromatic amines is 1. The van der Waals surface area contributed by atoms with E-state index >= 15 is 0 Å². The molecule has 96 valence electrons. The van der Waals surface area contributed by atoms with Crippen LogP contribution in [0.15, 0.2) is 72.8 Å². The Morgan fingerprint density at radius 2 is 1.35 bits per heavy atom. The summed E-state index contributed by atoms with van der Waals surface area (Å²) in [7, 11) is 0.